The van der Waals surface area contributed by atoms with Crippen LogP contribution in [0.2, 0.25) is 0 Å². The largest absolute Gasteiger partial charge is 0.480 e. The van der Waals surface area contributed by atoms with E-state index in [4.69, 9.17) is 22.3 Å². The minimum absolute atomic E-state index is 0.113. The third-order valence-corrected chi connectivity index (χ3v) is 5.14. The smallest absolute Gasteiger partial charge is 0.322 e. The molecule has 0 radical (unpaired) electrons. The highest BCUT2D eigenvalue weighted by Crippen LogP contribution is 2.19. The molecule has 1 heterocycles. The van der Waals surface area contributed by atoms with E-state index in [-0.39, 0.29) is 25.3 Å². The molecule has 0 bridgehead atoms. The van der Waals surface area contributed by atoms with Crippen LogP contribution in [-0.4, -0.2) is 71.0 Å². The van der Waals surface area contributed by atoms with Crippen molar-refractivity contribution in [2.45, 2.75) is 44.3 Å². The number of carboxylic acid groups (broad SMARTS) is 1. The molecule has 13 nitrogen and oxygen atoms in total. The Morgan fingerprint density at radius 1 is 1.06 bits per heavy atom. The van der Waals surface area contributed by atoms with Gasteiger partial charge in [-0.2, -0.15) is 0 Å². The van der Waals surface area contributed by atoms with Gasteiger partial charge in [-0.05, 0) is 31.4 Å². The Morgan fingerprint density at radius 2 is 1.74 bits per heavy atom. The second-order valence-electron chi connectivity index (χ2n) is 8.04. The van der Waals surface area contributed by atoms with Crippen molar-refractivity contribution in [2.75, 3.05) is 13.1 Å². The van der Waals surface area contributed by atoms with E-state index in [1.54, 1.807) is 6.20 Å². The summed E-state index contributed by atoms with van der Waals surface area (Å²) in [5, 5.41) is 17.2. The number of rotatable bonds is 13. The quantitative estimate of drug-likeness (QED) is 0.0915. The summed E-state index contributed by atoms with van der Waals surface area (Å²) in [5.74, 6) is -3.19. The van der Waals surface area contributed by atoms with Crippen LogP contribution in [-0.2, 0) is 25.6 Å². The lowest BCUT2D eigenvalue weighted by Crippen LogP contribution is -2.56. The number of carbonyl (C=O) groups excluding carboxylic acids is 3. The molecule has 0 saturated heterocycles. The van der Waals surface area contributed by atoms with Crippen LogP contribution < -0.4 is 33.2 Å². The molecule has 0 aliphatic heterocycles. The molecular formula is C22H32N8O5. The number of nitrogens with one attached hydrogen (secondary N) is 4. The molecular weight excluding hydrogens is 456 g/mol. The van der Waals surface area contributed by atoms with Gasteiger partial charge in [0.05, 0.1) is 6.04 Å². The molecule has 3 atom stereocenters. The average Bonchev–Trinajstić information content (AvgIpc) is 3.21. The van der Waals surface area contributed by atoms with Gasteiger partial charge in [-0.15, -0.1) is 0 Å². The summed E-state index contributed by atoms with van der Waals surface area (Å²) in [6.45, 7) is 1.09. The number of aliphatic imine (C=N–C) groups is 1. The minimum atomic E-state index is -1.23. The van der Waals surface area contributed by atoms with Gasteiger partial charge in [0.15, 0.2) is 5.96 Å². The Labute approximate surface area is 201 Å². The van der Waals surface area contributed by atoms with E-state index in [1.807, 2.05) is 24.3 Å². The van der Waals surface area contributed by atoms with Crippen LogP contribution in [0.4, 0.5) is 0 Å². The number of nitrogens with two attached hydrogens (primary N) is 3. The molecule has 13 heteroatoms. The number of aromatic nitrogens is 1. The van der Waals surface area contributed by atoms with Gasteiger partial charge in [0.25, 0.3) is 0 Å². The molecule has 0 spiro atoms. The van der Waals surface area contributed by atoms with Crippen LogP contribution in [0.5, 0.6) is 0 Å². The van der Waals surface area contributed by atoms with Crippen LogP contribution in [0.1, 0.15) is 25.3 Å². The molecule has 0 fully saturated rings. The first-order valence-corrected chi connectivity index (χ1v) is 11.0. The van der Waals surface area contributed by atoms with E-state index >= 15 is 0 Å². The average molecular weight is 489 g/mol. The van der Waals surface area contributed by atoms with Gasteiger partial charge in [0.1, 0.15) is 18.6 Å². The third kappa shape index (κ3) is 8.62. The molecule has 1 aromatic carbocycles. The maximum Gasteiger partial charge on any atom is 0.322 e. The first-order valence-electron chi connectivity index (χ1n) is 11.0. The van der Waals surface area contributed by atoms with Gasteiger partial charge in [-0.25, -0.2) is 0 Å². The Hall–Kier alpha value is -4.13. The normalized spacial score (nSPS) is 13.3. The number of hydrogen-bond donors (Lipinski definition) is 8. The van der Waals surface area contributed by atoms with Gasteiger partial charge in [-0.3, -0.25) is 24.2 Å². The zero-order chi connectivity index (χ0) is 26.0. The summed E-state index contributed by atoms with van der Waals surface area (Å²) in [5.41, 5.74) is 17.9. The van der Waals surface area contributed by atoms with Gasteiger partial charge >= 0.3 is 5.97 Å². The molecule has 2 rings (SSSR count). The van der Waals surface area contributed by atoms with E-state index in [0.29, 0.717) is 6.42 Å². The van der Waals surface area contributed by atoms with Crippen molar-refractivity contribution in [3.8, 4) is 0 Å². The van der Waals surface area contributed by atoms with E-state index in [9.17, 15) is 19.2 Å². The summed E-state index contributed by atoms with van der Waals surface area (Å²) >= 11 is 0. The Morgan fingerprint density at radius 3 is 2.40 bits per heavy atom. The number of fused-ring (bicyclic) bond motifs is 1. The number of amides is 3. The number of benzene rings is 1. The molecule has 0 saturated carbocycles. The number of H-pyrrole nitrogens is 1. The summed E-state index contributed by atoms with van der Waals surface area (Å²) in [4.78, 5) is 55.9. The van der Waals surface area contributed by atoms with E-state index in [1.165, 1.54) is 6.92 Å². The third-order valence-electron chi connectivity index (χ3n) is 5.14. The van der Waals surface area contributed by atoms with Crippen molar-refractivity contribution in [2.24, 2.45) is 22.2 Å². The lowest BCUT2D eigenvalue weighted by Gasteiger charge is -2.23. The summed E-state index contributed by atoms with van der Waals surface area (Å²) < 4.78 is 0. The number of carbonyl (C=O) groups is 4. The molecule has 3 unspecified atom stereocenters. The molecule has 2 aromatic rings. The van der Waals surface area contributed by atoms with E-state index in [0.717, 1.165) is 16.5 Å². The van der Waals surface area contributed by atoms with Crippen LogP contribution in [0.25, 0.3) is 10.9 Å². The highest BCUT2D eigenvalue weighted by molar-refractivity contribution is 5.94. The predicted molar refractivity (Wildman–Crippen MR) is 130 cm³/mol. The van der Waals surface area contributed by atoms with Crippen LogP contribution in [0, 0.1) is 0 Å². The predicted octanol–water partition coefficient (Wildman–Crippen LogP) is -1.72. The molecule has 0 aliphatic rings. The van der Waals surface area contributed by atoms with Crippen molar-refractivity contribution >= 4 is 40.6 Å². The highest BCUT2D eigenvalue weighted by Gasteiger charge is 2.28. The van der Waals surface area contributed by atoms with Crippen molar-refractivity contribution in [3.05, 3.63) is 36.0 Å². The summed E-state index contributed by atoms with van der Waals surface area (Å²) in [6.07, 6.45) is 2.35. The molecule has 35 heavy (non-hydrogen) atoms. The van der Waals surface area contributed by atoms with Gasteiger partial charge in [0.2, 0.25) is 17.7 Å². The minimum Gasteiger partial charge on any atom is -0.480 e. The standard InChI is InChI=1S/C22H32N8O5/c1-12(23)19(33)30-17(9-13-10-27-15-6-3-2-5-14(13)15)21(35)29-16(7-4-8-26-22(24)25)20(34)28-11-18(31)32/h2-3,5-6,10,12,16-17,27H,4,7-9,11,23H2,1H3,(H,28,34)(H,29,35)(H,30,33)(H,31,32)(H4,24,25,26). The highest BCUT2D eigenvalue weighted by atomic mass is 16.4. The number of nitrogens with zero attached hydrogens (tertiary/aromatic N) is 1. The maximum absolute atomic E-state index is 13.2. The number of para-hydroxylation sites is 1. The SMILES string of the molecule is CC(N)C(=O)NC(Cc1c[nH]c2ccccc12)C(=O)NC(CCCN=C(N)N)C(=O)NCC(=O)O. The molecule has 11 N–H and O–H groups in total. The van der Waals surface area contributed by atoms with Crippen LogP contribution in [0.15, 0.2) is 35.5 Å². The monoisotopic (exact) mass is 488 g/mol. The number of aromatic amines is 1. The molecule has 1 aromatic heterocycles. The number of carboxylic acids is 1. The number of aliphatic carboxylic acids is 1. The molecule has 190 valence electrons. The van der Waals surface area contributed by atoms with Crippen molar-refractivity contribution < 1.29 is 24.3 Å². The lowest BCUT2D eigenvalue weighted by atomic mass is 10.0. The van der Waals surface area contributed by atoms with Crippen molar-refractivity contribution in [1.82, 2.24) is 20.9 Å². The lowest BCUT2D eigenvalue weighted by molar-refractivity contribution is -0.138. The van der Waals surface area contributed by atoms with E-state index in [2.05, 4.69) is 25.9 Å². The summed E-state index contributed by atoms with van der Waals surface area (Å²) in [7, 11) is 0. The molecule has 0 aliphatic carbocycles. The fourth-order valence-corrected chi connectivity index (χ4v) is 3.36. The topological polar surface area (TPSA) is 231 Å². The van der Waals surface area contributed by atoms with Crippen LogP contribution in [0.3, 0.4) is 0 Å². The fraction of sp³-hybridized carbons (Fsp3) is 0.409. The Balaban J connectivity index is 2.21. The van der Waals surface area contributed by atoms with Crippen molar-refractivity contribution in [3.63, 3.8) is 0 Å². The number of hydrogen-bond acceptors (Lipinski definition) is 6. The summed E-state index contributed by atoms with van der Waals surface area (Å²) in [6, 6.07) is 4.52. The first kappa shape index (κ1) is 27.1. The van der Waals surface area contributed by atoms with Crippen LogP contribution >= 0.6 is 0 Å². The van der Waals surface area contributed by atoms with Gasteiger partial charge in [-0.1, -0.05) is 18.2 Å². The van der Waals surface area contributed by atoms with Gasteiger partial charge < -0.3 is 43.2 Å². The molecule has 3 amide bonds. The fourth-order valence-electron chi connectivity index (χ4n) is 3.36. The number of guanidine groups is 1. The van der Waals surface area contributed by atoms with Crippen molar-refractivity contribution in [1.29, 1.82) is 0 Å². The zero-order valence-corrected chi connectivity index (χ0v) is 19.4. The second-order valence-corrected chi connectivity index (χ2v) is 8.04. The Kier molecular flexibility index (Phi) is 10.0. The van der Waals surface area contributed by atoms with E-state index < -0.39 is 48.4 Å². The Bertz CT molecular complexity index is 1080. The zero-order valence-electron chi connectivity index (χ0n) is 19.4. The van der Waals surface area contributed by atoms with Gasteiger partial charge in [0, 0.05) is 30.1 Å². The second kappa shape index (κ2) is 12.9. The first-order chi connectivity index (χ1) is 16.6. The maximum atomic E-state index is 13.2.